The van der Waals surface area contributed by atoms with Crippen molar-refractivity contribution in [2.24, 2.45) is 5.73 Å². The fourth-order valence-corrected chi connectivity index (χ4v) is 1.60. The lowest BCUT2D eigenvalue weighted by Gasteiger charge is -2.00. The van der Waals surface area contributed by atoms with Gasteiger partial charge in [0.25, 0.3) is 0 Å². The van der Waals surface area contributed by atoms with E-state index in [4.69, 9.17) is 5.73 Å². The summed E-state index contributed by atoms with van der Waals surface area (Å²) in [6, 6.07) is 8.31. The van der Waals surface area contributed by atoms with Crippen LogP contribution >= 0.6 is 0 Å². The first-order valence-electron chi connectivity index (χ1n) is 4.87. The number of H-pyrrole nitrogens is 1. The van der Waals surface area contributed by atoms with Crippen molar-refractivity contribution in [1.29, 1.82) is 0 Å². The second-order valence-corrected chi connectivity index (χ2v) is 3.32. The number of aromatic amines is 1. The third kappa shape index (κ3) is 1.78. The number of rotatable bonds is 4. The molecular formula is C11H15N3. The van der Waals surface area contributed by atoms with Crippen molar-refractivity contribution < 1.29 is 0 Å². The molecule has 0 unspecified atom stereocenters. The molecule has 0 radical (unpaired) electrons. The fourth-order valence-electron chi connectivity index (χ4n) is 1.60. The van der Waals surface area contributed by atoms with E-state index in [0.717, 1.165) is 13.1 Å². The molecule has 0 amide bonds. The second-order valence-electron chi connectivity index (χ2n) is 3.32. The fraction of sp³-hybridized carbons (Fsp3) is 0.273. The van der Waals surface area contributed by atoms with E-state index in [9.17, 15) is 0 Å². The predicted molar refractivity (Wildman–Crippen MR) is 59.1 cm³/mol. The Bertz CT molecular complexity index is 406. The van der Waals surface area contributed by atoms with Crippen LogP contribution in [0.4, 0.5) is 0 Å². The standard InChI is InChI=1S/C11H15N3/c12-5-6-13-7-9-8-14-11-4-2-1-3-10(9)11/h1-4,8,13-14H,5-7,12H2. The number of benzene rings is 1. The molecule has 0 aliphatic heterocycles. The van der Waals surface area contributed by atoms with Gasteiger partial charge in [0.05, 0.1) is 0 Å². The monoisotopic (exact) mass is 189 g/mol. The molecule has 1 heterocycles. The molecule has 3 nitrogen and oxygen atoms in total. The molecule has 4 N–H and O–H groups in total. The first-order chi connectivity index (χ1) is 6.92. The normalized spacial score (nSPS) is 10.9. The summed E-state index contributed by atoms with van der Waals surface area (Å²) >= 11 is 0. The molecule has 0 atom stereocenters. The van der Waals surface area contributed by atoms with Gasteiger partial charge in [-0.3, -0.25) is 0 Å². The van der Waals surface area contributed by atoms with Crippen molar-refractivity contribution in [2.45, 2.75) is 6.54 Å². The highest BCUT2D eigenvalue weighted by Gasteiger charge is 2.00. The van der Waals surface area contributed by atoms with E-state index in [1.54, 1.807) is 0 Å². The van der Waals surface area contributed by atoms with Gasteiger partial charge in [0.1, 0.15) is 0 Å². The minimum Gasteiger partial charge on any atom is -0.361 e. The molecule has 0 saturated carbocycles. The Hall–Kier alpha value is -1.32. The summed E-state index contributed by atoms with van der Waals surface area (Å²) in [7, 11) is 0. The minimum atomic E-state index is 0.683. The lowest BCUT2D eigenvalue weighted by molar-refractivity contribution is 0.698. The molecule has 0 aliphatic rings. The van der Waals surface area contributed by atoms with Crippen LogP contribution < -0.4 is 11.1 Å². The second kappa shape index (κ2) is 4.26. The Labute approximate surface area is 83.3 Å². The lowest BCUT2D eigenvalue weighted by atomic mass is 10.2. The number of hydrogen-bond donors (Lipinski definition) is 3. The summed E-state index contributed by atoms with van der Waals surface area (Å²) in [5.74, 6) is 0. The zero-order valence-corrected chi connectivity index (χ0v) is 8.09. The largest absolute Gasteiger partial charge is 0.361 e. The van der Waals surface area contributed by atoms with Crippen molar-refractivity contribution in [2.75, 3.05) is 13.1 Å². The topological polar surface area (TPSA) is 53.8 Å². The molecule has 14 heavy (non-hydrogen) atoms. The van der Waals surface area contributed by atoms with Crippen LogP contribution in [0, 0.1) is 0 Å². The molecule has 0 bridgehead atoms. The summed E-state index contributed by atoms with van der Waals surface area (Å²) in [5.41, 5.74) is 7.90. The molecule has 0 spiro atoms. The Morgan fingerprint density at radius 1 is 1.29 bits per heavy atom. The number of para-hydroxylation sites is 1. The third-order valence-electron chi connectivity index (χ3n) is 2.31. The van der Waals surface area contributed by atoms with Crippen LogP contribution in [0.15, 0.2) is 30.5 Å². The maximum Gasteiger partial charge on any atom is 0.0457 e. The van der Waals surface area contributed by atoms with Crippen LogP contribution in [-0.2, 0) is 6.54 Å². The SMILES string of the molecule is NCCNCc1c[nH]c2ccccc12. The maximum absolute atomic E-state index is 5.41. The van der Waals surface area contributed by atoms with E-state index < -0.39 is 0 Å². The van der Waals surface area contributed by atoms with Crippen LogP contribution in [0.2, 0.25) is 0 Å². The van der Waals surface area contributed by atoms with E-state index in [2.05, 4.69) is 28.5 Å². The van der Waals surface area contributed by atoms with Gasteiger partial charge in [-0.05, 0) is 11.6 Å². The first kappa shape index (κ1) is 9.24. The van der Waals surface area contributed by atoms with Crippen molar-refractivity contribution >= 4 is 10.9 Å². The van der Waals surface area contributed by atoms with Gasteiger partial charge in [0.2, 0.25) is 0 Å². The highest BCUT2D eigenvalue weighted by atomic mass is 14.9. The van der Waals surface area contributed by atoms with Crippen molar-refractivity contribution in [3.63, 3.8) is 0 Å². The van der Waals surface area contributed by atoms with Gasteiger partial charge in [-0.2, -0.15) is 0 Å². The van der Waals surface area contributed by atoms with E-state index in [0.29, 0.717) is 6.54 Å². The summed E-state index contributed by atoms with van der Waals surface area (Å²) in [5, 5.41) is 4.57. The van der Waals surface area contributed by atoms with Gasteiger partial charge in [-0.25, -0.2) is 0 Å². The minimum absolute atomic E-state index is 0.683. The van der Waals surface area contributed by atoms with Gasteiger partial charge in [0, 0.05) is 36.7 Å². The van der Waals surface area contributed by atoms with E-state index in [1.807, 2.05) is 12.3 Å². The van der Waals surface area contributed by atoms with E-state index in [-0.39, 0.29) is 0 Å². The molecule has 1 aromatic heterocycles. The highest BCUT2D eigenvalue weighted by molar-refractivity contribution is 5.82. The number of nitrogens with two attached hydrogens (primary N) is 1. The molecule has 2 aromatic rings. The first-order valence-corrected chi connectivity index (χ1v) is 4.87. The van der Waals surface area contributed by atoms with Gasteiger partial charge in [-0.1, -0.05) is 18.2 Å². The zero-order chi connectivity index (χ0) is 9.80. The summed E-state index contributed by atoms with van der Waals surface area (Å²) in [4.78, 5) is 3.24. The molecule has 0 saturated heterocycles. The Kier molecular flexibility index (Phi) is 2.81. The Morgan fingerprint density at radius 2 is 2.14 bits per heavy atom. The summed E-state index contributed by atoms with van der Waals surface area (Å²) in [6.07, 6.45) is 2.05. The average Bonchev–Trinajstić information content (AvgIpc) is 2.63. The van der Waals surface area contributed by atoms with Gasteiger partial charge >= 0.3 is 0 Å². The van der Waals surface area contributed by atoms with Crippen LogP contribution in [0.25, 0.3) is 10.9 Å². The predicted octanol–water partition coefficient (Wildman–Crippen LogP) is 1.22. The molecule has 0 fully saturated rings. The molecule has 0 aliphatic carbocycles. The highest BCUT2D eigenvalue weighted by Crippen LogP contribution is 2.16. The van der Waals surface area contributed by atoms with Crippen LogP contribution in [0.1, 0.15) is 5.56 Å². The molecule has 2 rings (SSSR count). The van der Waals surface area contributed by atoms with E-state index in [1.165, 1.54) is 16.5 Å². The number of nitrogens with one attached hydrogen (secondary N) is 2. The maximum atomic E-state index is 5.41. The van der Waals surface area contributed by atoms with Gasteiger partial charge in [0.15, 0.2) is 0 Å². The summed E-state index contributed by atoms with van der Waals surface area (Å²) in [6.45, 7) is 2.42. The zero-order valence-electron chi connectivity index (χ0n) is 8.09. The Morgan fingerprint density at radius 3 is 3.00 bits per heavy atom. The Balaban J connectivity index is 2.17. The van der Waals surface area contributed by atoms with Crippen LogP contribution in [-0.4, -0.2) is 18.1 Å². The third-order valence-corrected chi connectivity index (χ3v) is 2.31. The number of aromatic nitrogens is 1. The quantitative estimate of drug-likeness (QED) is 0.633. The smallest absolute Gasteiger partial charge is 0.0457 e. The van der Waals surface area contributed by atoms with Gasteiger partial charge < -0.3 is 16.0 Å². The molecule has 1 aromatic carbocycles. The molecular weight excluding hydrogens is 174 g/mol. The summed E-state index contributed by atoms with van der Waals surface area (Å²) < 4.78 is 0. The van der Waals surface area contributed by atoms with Crippen molar-refractivity contribution in [3.05, 3.63) is 36.0 Å². The van der Waals surface area contributed by atoms with Crippen LogP contribution in [0.5, 0.6) is 0 Å². The molecule has 74 valence electrons. The lowest BCUT2D eigenvalue weighted by Crippen LogP contribution is -2.21. The van der Waals surface area contributed by atoms with Crippen LogP contribution in [0.3, 0.4) is 0 Å². The number of fused-ring (bicyclic) bond motifs is 1. The molecule has 3 heteroatoms. The van der Waals surface area contributed by atoms with Crippen molar-refractivity contribution in [1.82, 2.24) is 10.3 Å². The number of hydrogen-bond acceptors (Lipinski definition) is 2. The average molecular weight is 189 g/mol. The van der Waals surface area contributed by atoms with Crippen molar-refractivity contribution in [3.8, 4) is 0 Å². The van der Waals surface area contributed by atoms with Gasteiger partial charge in [-0.15, -0.1) is 0 Å². The van der Waals surface area contributed by atoms with E-state index >= 15 is 0 Å².